The van der Waals surface area contributed by atoms with Gasteiger partial charge in [0.2, 0.25) is 10.7 Å². The van der Waals surface area contributed by atoms with Crippen molar-refractivity contribution in [3.05, 3.63) is 69.1 Å². The molecule has 0 radical (unpaired) electrons. The molecule has 0 saturated heterocycles. The Hall–Kier alpha value is -3.20. The predicted octanol–water partition coefficient (Wildman–Crippen LogP) is 3.51. The number of nitrogens with zero attached hydrogens (tertiary/aromatic N) is 5. The summed E-state index contributed by atoms with van der Waals surface area (Å²) in [5, 5.41) is 12.7. The molecule has 136 valence electrons. The van der Waals surface area contributed by atoms with Crippen LogP contribution < -0.4 is 5.56 Å². The predicted molar refractivity (Wildman–Crippen MR) is 102 cm³/mol. The smallest absolute Gasteiger partial charge is 0.358 e. The average Bonchev–Trinajstić information content (AvgIpc) is 3.03. The van der Waals surface area contributed by atoms with Gasteiger partial charge in [0.25, 0.3) is 5.56 Å². The summed E-state index contributed by atoms with van der Waals surface area (Å²) >= 11 is 1.04. The van der Waals surface area contributed by atoms with Crippen LogP contribution in [0.5, 0.6) is 0 Å². The summed E-state index contributed by atoms with van der Waals surface area (Å²) in [7, 11) is 0. The van der Waals surface area contributed by atoms with E-state index in [1.807, 2.05) is 6.92 Å². The molecule has 0 aliphatic rings. The zero-order valence-electron chi connectivity index (χ0n) is 14.4. The van der Waals surface area contributed by atoms with E-state index in [-0.39, 0.29) is 16.4 Å². The third kappa shape index (κ3) is 2.95. The number of aromatic nitrogens is 4. The van der Waals surface area contributed by atoms with E-state index in [0.29, 0.717) is 28.3 Å². The highest BCUT2D eigenvalue weighted by Crippen LogP contribution is 2.34. The Morgan fingerprint density at radius 3 is 2.70 bits per heavy atom. The molecule has 0 bridgehead atoms. The molecule has 0 saturated carbocycles. The lowest BCUT2D eigenvalue weighted by molar-refractivity contribution is -0.393. The molecule has 1 aromatic carbocycles. The molecule has 0 aliphatic heterocycles. The van der Waals surface area contributed by atoms with Crippen LogP contribution in [0.15, 0.2) is 63.6 Å². The minimum atomic E-state index is -0.467. The van der Waals surface area contributed by atoms with Crippen molar-refractivity contribution in [1.29, 1.82) is 0 Å². The van der Waals surface area contributed by atoms with E-state index in [2.05, 4.69) is 9.97 Å². The summed E-state index contributed by atoms with van der Waals surface area (Å²) in [4.78, 5) is 33.0. The topological polar surface area (TPSA) is 95.3 Å². The van der Waals surface area contributed by atoms with Gasteiger partial charge in [-0.3, -0.25) is 9.36 Å². The van der Waals surface area contributed by atoms with E-state index >= 15 is 0 Å². The van der Waals surface area contributed by atoms with Crippen LogP contribution >= 0.6 is 11.8 Å². The highest BCUT2D eigenvalue weighted by Gasteiger charge is 2.25. The Bertz CT molecular complexity index is 1230. The molecule has 0 atom stereocenters. The monoisotopic (exact) mass is 381 g/mol. The summed E-state index contributed by atoms with van der Waals surface area (Å²) in [6.07, 6.45) is 2.33. The molecular formula is C18H15N5O3S. The molecule has 0 amide bonds. The highest BCUT2D eigenvalue weighted by atomic mass is 32.2. The van der Waals surface area contributed by atoms with Gasteiger partial charge in [0.1, 0.15) is 0 Å². The number of nitro groups is 1. The van der Waals surface area contributed by atoms with Gasteiger partial charge in [-0.25, -0.2) is 4.98 Å². The number of para-hydroxylation sites is 1. The Morgan fingerprint density at radius 2 is 1.93 bits per heavy atom. The van der Waals surface area contributed by atoms with Gasteiger partial charge in [0.15, 0.2) is 5.16 Å². The van der Waals surface area contributed by atoms with Crippen LogP contribution in [0.4, 0.5) is 5.82 Å². The average molecular weight is 381 g/mol. The Balaban J connectivity index is 1.92. The molecule has 0 N–H and O–H groups in total. The lowest BCUT2D eigenvalue weighted by Gasteiger charge is -2.11. The second-order valence-corrected chi connectivity index (χ2v) is 6.85. The molecule has 3 heterocycles. The van der Waals surface area contributed by atoms with Crippen LogP contribution in [0.3, 0.4) is 0 Å². The maximum Gasteiger partial charge on any atom is 0.362 e. The quantitative estimate of drug-likeness (QED) is 0.298. The first kappa shape index (κ1) is 17.2. The molecular weight excluding hydrogens is 366 g/mol. The number of hydrogen-bond donors (Lipinski definition) is 0. The maximum atomic E-state index is 12.9. The SMILES string of the molecule is CCCn1c(Sc2nc3ccccn3c2[N+](=O)[O-])nc2ccccc2c1=O. The Labute approximate surface area is 157 Å². The van der Waals surface area contributed by atoms with Crippen LogP contribution in [0.2, 0.25) is 0 Å². The Morgan fingerprint density at radius 1 is 1.15 bits per heavy atom. The molecule has 0 spiro atoms. The van der Waals surface area contributed by atoms with Crippen LogP contribution in [-0.4, -0.2) is 23.9 Å². The summed E-state index contributed by atoms with van der Waals surface area (Å²) in [6, 6.07) is 12.3. The first-order valence-corrected chi connectivity index (χ1v) is 9.20. The van der Waals surface area contributed by atoms with Gasteiger partial charge in [-0.2, -0.15) is 9.38 Å². The fourth-order valence-electron chi connectivity index (χ4n) is 2.93. The summed E-state index contributed by atoms with van der Waals surface area (Å²) in [5.74, 6) is -0.138. The van der Waals surface area contributed by atoms with E-state index in [1.165, 1.54) is 4.40 Å². The first-order valence-electron chi connectivity index (χ1n) is 8.39. The summed E-state index contributed by atoms with van der Waals surface area (Å²) < 4.78 is 2.98. The van der Waals surface area contributed by atoms with Gasteiger partial charge in [-0.15, -0.1) is 0 Å². The number of benzene rings is 1. The van der Waals surface area contributed by atoms with E-state index in [1.54, 1.807) is 53.2 Å². The zero-order chi connectivity index (χ0) is 19.0. The normalized spacial score (nSPS) is 11.3. The van der Waals surface area contributed by atoms with Crippen LogP contribution in [0.1, 0.15) is 13.3 Å². The Kier molecular flexibility index (Phi) is 4.36. The molecule has 4 aromatic rings. The zero-order valence-corrected chi connectivity index (χ0v) is 15.2. The van der Waals surface area contributed by atoms with Crippen LogP contribution in [0.25, 0.3) is 16.6 Å². The summed E-state index contributed by atoms with van der Waals surface area (Å²) in [6.45, 7) is 2.43. The summed E-state index contributed by atoms with van der Waals surface area (Å²) in [5.41, 5.74) is 0.872. The van der Waals surface area contributed by atoms with E-state index in [0.717, 1.165) is 18.2 Å². The molecule has 4 rings (SSSR count). The molecule has 0 fully saturated rings. The molecule has 27 heavy (non-hydrogen) atoms. The lowest BCUT2D eigenvalue weighted by Crippen LogP contribution is -2.23. The third-order valence-electron chi connectivity index (χ3n) is 4.11. The lowest BCUT2D eigenvalue weighted by atomic mass is 10.2. The largest absolute Gasteiger partial charge is 0.362 e. The minimum absolute atomic E-state index is 0.138. The van der Waals surface area contributed by atoms with E-state index in [9.17, 15) is 14.9 Å². The molecule has 0 aliphatic carbocycles. The molecule has 3 aromatic heterocycles. The molecule has 9 heteroatoms. The molecule has 0 unspecified atom stereocenters. The van der Waals surface area contributed by atoms with Gasteiger partial charge in [0.05, 0.1) is 17.1 Å². The van der Waals surface area contributed by atoms with Gasteiger partial charge in [-0.1, -0.05) is 25.1 Å². The van der Waals surface area contributed by atoms with Gasteiger partial charge in [-0.05, 0) is 41.3 Å². The number of pyridine rings is 1. The maximum absolute atomic E-state index is 12.9. The van der Waals surface area contributed by atoms with Crippen molar-refractivity contribution in [2.24, 2.45) is 0 Å². The second-order valence-electron chi connectivity index (χ2n) is 5.90. The van der Waals surface area contributed by atoms with Crippen molar-refractivity contribution in [1.82, 2.24) is 18.9 Å². The fourth-order valence-corrected chi connectivity index (χ4v) is 3.93. The minimum Gasteiger partial charge on any atom is -0.358 e. The molecule has 8 nitrogen and oxygen atoms in total. The number of fused-ring (bicyclic) bond motifs is 2. The third-order valence-corrected chi connectivity index (χ3v) is 5.07. The van der Waals surface area contributed by atoms with Crippen LogP contribution in [-0.2, 0) is 6.54 Å². The number of imidazole rings is 1. The highest BCUT2D eigenvalue weighted by molar-refractivity contribution is 7.99. The van der Waals surface area contributed by atoms with Gasteiger partial charge >= 0.3 is 5.82 Å². The van der Waals surface area contributed by atoms with Crippen molar-refractivity contribution in [3.63, 3.8) is 0 Å². The van der Waals surface area contributed by atoms with Crippen molar-refractivity contribution < 1.29 is 4.92 Å². The fraction of sp³-hybridized carbons (Fsp3) is 0.167. The number of rotatable bonds is 5. The second kappa shape index (κ2) is 6.84. The van der Waals surface area contributed by atoms with Crippen molar-refractivity contribution in [2.75, 3.05) is 0 Å². The van der Waals surface area contributed by atoms with Crippen molar-refractivity contribution >= 4 is 34.1 Å². The van der Waals surface area contributed by atoms with E-state index in [4.69, 9.17) is 0 Å². The van der Waals surface area contributed by atoms with Crippen molar-refractivity contribution in [3.8, 4) is 0 Å². The van der Waals surface area contributed by atoms with Gasteiger partial charge in [0, 0.05) is 12.6 Å². The standard InChI is InChI=1S/C18H15N5O3S/c1-2-10-22-17(24)12-7-3-4-8-13(12)19-18(22)27-15-16(23(25)26)21-11-6-5-9-14(21)20-15/h3-9,11H,2,10H2,1H3. The van der Waals surface area contributed by atoms with E-state index < -0.39 is 4.92 Å². The van der Waals surface area contributed by atoms with Crippen molar-refractivity contribution in [2.45, 2.75) is 30.1 Å². The first-order chi connectivity index (χ1) is 13.1. The van der Waals surface area contributed by atoms with Gasteiger partial charge < -0.3 is 10.1 Å². The van der Waals surface area contributed by atoms with Crippen LogP contribution in [0, 0.1) is 10.1 Å². The number of hydrogen-bond acceptors (Lipinski definition) is 6.